The molecule has 53 heavy (non-hydrogen) atoms. The van der Waals surface area contributed by atoms with E-state index in [1.807, 2.05) is 47.0 Å². The van der Waals surface area contributed by atoms with E-state index in [2.05, 4.69) is 35.3 Å². The van der Waals surface area contributed by atoms with Crippen LogP contribution in [0.5, 0.6) is 0 Å². The highest BCUT2D eigenvalue weighted by atomic mass is 32.2. The second kappa shape index (κ2) is 34.5. The second-order valence-electron chi connectivity index (χ2n) is 11.1. The predicted molar refractivity (Wildman–Crippen MR) is 245 cm³/mol. The molecule has 0 aromatic heterocycles. The zero-order chi connectivity index (χ0) is 39.9. The lowest BCUT2D eigenvalue weighted by Gasteiger charge is -2.25. The van der Waals surface area contributed by atoms with Crippen LogP contribution >= 0.6 is 82.3 Å². The number of thioether (sulfide) groups is 7. The van der Waals surface area contributed by atoms with E-state index in [4.69, 9.17) is 53.1 Å². The summed E-state index contributed by atoms with van der Waals surface area (Å²) in [5.41, 5.74) is 0. The lowest BCUT2D eigenvalue weighted by molar-refractivity contribution is 0.125. The van der Waals surface area contributed by atoms with Gasteiger partial charge in [-0.15, -0.1) is 0 Å². The summed E-state index contributed by atoms with van der Waals surface area (Å²) in [6, 6.07) is 3.21. The number of hydrogen-bond donors (Lipinski definition) is 0. The topological polar surface area (TPSA) is 111 Å². The highest BCUT2D eigenvalue weighted by Crippen LogP contribution is 2.29. The minimum absolute atomic E-state index is 0.539. The third kappa shape index (κ3) is 23.4. The molecule has 0 spiro atoms. The standard InChI is InChI=1S/C30H70O12S7Si4/c1-31-50(32-2,33-3)21-17-43-13-15-48-29(25-45-19-23-52(37-7,38-8)39-9)27-47-28-30(26-46-20-24-53(40-10,41-11)42-12)49-16-14-44-18-22-51(34-4,35-5)36-6/h29-30H,13-28H2,1-12H3. The van der Waals surface area contributed by atoms with Gasteiger partial charge in [0.15, 0.2) is 0 Å². The van der Waals surface area contributed by atoms with Crippen LogP contribution in [0.3, 0.4) is 0 Å². The van der Waals surface area contributed by atoms with Gasteiger partial charge >= 0.3 is 35.2 Å². The molecule has 0 amide bonds. The van der Waals surface area contributed by atoms with Crippen LogP contribution in [0.2, 0.25) is 24.2 Å². The first-order valence-electron chi connectivity index (χ1n) is 17.3. The molecule has 0 aromatic rings. The Labute approximate surface area is 357 Å². The van der Waals surface area contributed by atoms with E-state index in [1.54, 1.807) is 85.3 Å². The Hall–Kier alpha value is 2.84. The van der Waals surface area contributed by atoms with Crippen molar-refractivity contribution in [2.75, 3.05) is 154 Å². The van der Waals surface area contributed by atoms with Crippen molar-refractivity contribution in [3.8, 4) is 0 Å². The van der Waals surface area contributed by atoms with E-state index in [-0.39, 0.29) is 0 Å². The van der Waals surface area contributed by atoms with Crippen LogP contribution in [-0.2, 0) is 53.1 Å². The van der Waals surface area contributed by atoms with Crippen LogP contribution < -0.4 is 0 Å². The third-order valence-electron chi connectivity index (χ3n) is 8.32. The molecule has 0 heterocycles. The molecular weight excluding hydrogens is 889 g/mol. The monoisotopic (exact) mass is 958 g/mol. The first-order chi connectivity index (χ1) is 25.6. The van der Waals surface area contributed by atoms with Crippen molar-refractivity contribution in [2.24, 2.45) is 0 Å². The van der Waals surface area contributed by atoms with Gasteiger partial charge in [-0.1, -0.05) is 0 Å². The maximum absolute atomic E-state index is 5.65. The molecular formula is C30H70O12S7Si4. The Morgan fingerprint density at radius 2 is 0.509 bits per heavy atom. The van der Waals surface area contributed by atoms with Gasteiger partial charge in [-0.25, -0.2) is 0 Å². The predicted octanol–water partition coefficient (Wildman–Crippen LogP) is 6.37. The maximum atomic E-state index is 5.65. The van der Waals surface area contributed by atoms with Gasteiger partial charge in [-0.2, -0.15) is 82.3 Å². The molecule has 0 radical (unpaired) electrons. The number of rotatable bonds is 40. The van der Waals surface area contributed by atoms with Crippen molar-refractivity contribution in [1.29, 1.82) is 0 Å². The van der Waals surface area contributed by atoms with Crippen LogP contribution in [0.25, 0.3) is 0 Å². The maximum Gasteiger partial charge on any atom is 0.500 e. The zero-order valence-electron chi connectivity index (χ0n) is 34.2. The van der Waals surface area contributed by atoms with Gasteiger partial charge < -0.3 is 53.1 Å². The minimum atomic E-state index is -2.58. The number of hydrogen-bond acceptors (Lipinski definition) is 19. The van der Waals surface area contributed by atoms with E-state index in [0.717, 1.165) is 93.2 Å². The largest absolute Gasteiger partial charge is 0.500 e. The van der Waals surface area contributed by atoms with Crippen molar-refractivity contribution >= 4 is 118 Å². The van der Waals surface area contributed by atoms with Gasteiger partial charge in [-0.05, 0) is 23.0 Å². The van der Waals surface area contributed by atoms with Crippen molar-refractivity contribution < 1.29 is 53.1 Å². The average Bonchev–Trinajstić information content (AvgIpc) is 3.21. The summed E-state index contributed by atoms with van der Waals surface area (Å²) < 4.78 is 67.5. The Bertz CT molecular complexity index is 748. The van der Waals surface area contributed by atoms with Crippen LogP contribution in [0.15, 0.2) is 0 Å². The van der Waals surface area contributed by atoms with Crippen molar-refractivity contribution in [1.82, 2.24) is 0 Å². The molecule has 0 saturated heterocycles. The Kier molecular flexibility index (Phi) is 36.4. The first-order valence-corrected chi connectivity index (χ1v) is 32.9. The molecule has 0 fully saturated rings. The fourth-order valence-electron chi connectivity index (χ4n) is 4.81. The van der Waals surface area contributed by atoms with E-state index in [9.17, 15) is 0 Å². The van der Waals surface area contributed by atoms with Gasteiger partial charge in [0.2, 0.25) is 0 Å². The average molecular weight is 960 g/mol. The van der Waals surface area contributed by atoms with Crippen LogP contribution in [0.1, 0.15) is 0 Å². The lowest BCUT2D eigenvalue weighted by atomic mass is 10.5. The second-order valence-corrected chi connectivity index (χ2v) is 32.1. The van der Waals surface area contributed by atoms with Crippen molar-refractivity contribution in [2.45, 2.75) is 34.7 Å². The summed E-state index contributed by atoms with van der Waals surface area (Å²) in [4.78, 5) is 0. The van der Waals surface area contributed by atoms with E-state index in [0.29, 0.717) is 10.5 Å². The summed E-state index contributed by atoms with van der Waals surface area (Å²) in [6.07, 6.45) is 0. The van der Waals surface area contributed by atoms with E-state index in [1.165, 1.54) is 0 Å². The SMILES string of the molecule is CO[Si](CCSCCSC(CSCC[Si](OC)(OC)OC)CSCC(CSCC[Si](OC)(OC)OC)SCCSCC[Si](OC)(OC)OC)(OC)OC. The summed E-state index contributed by atoms with van der Waals surface area (Å²) in [6.45, 7) is 0. The normalized spacial score (nSPS) is 14.3. The van der Waals surface area contributed by atoms with Crippen molar-refractivity contribution in [3.05, 3.63) is 0 Å². The summed E-state index contributed by atoms with van der Waals surface area (Å²) in [7, 11) is 9.94. The van der Waals surface area contributed by atoms with Gasteiger partial charge in [-0.3, -0.25) is 0 Å². The Morgan fingerprint density at radius 3 is 0.755 bits per heavy atom. The summed E-state index contributed by atoms with van der Waals surface area (Å²) >= 11 is 14.1. The first kappa shape index (κ1) is 55.8. The molecule has 0 aliphatic rings. The van der Waals surface area contributed by atoms with E-state index >= 15 is 0 Å². The third-order valence-corrected chi connectivity index (χ3v) is 30.0. The van der Waals surface area contributed by atoms with E-state index < -0.39 is 35.2 Å². The molecule has 2 unspecified atom stereocenters. The fraction of sp³-hybridized carbons (Fsp3) is 1.00. The zero-order valence-corrected chi connectivity index (χ0v) is 43.9. The van der Waals surface area contributed by atoms with Crippen LogP contribution in [0.4, 0.5) is 0 Å². The molecule has 0 aliphatic carbocycles. The van der Waals surface area contributed by atoms with Gasteiger partial charge in [0.25, 0.3) is 0 Å². The molecule has 0 rings (SSSR count). The summed E-state index contributed by atoms with van der Waals surface area (Å²) in [5, 5.41) is 1.08. The lowest BCUT2D eigenvalue weighted by Crippen LogP contribution is -2.43. The molecule has 0 saturated carbocycles. The minimum Gasteiger partial charge on any atom is -0.377 e. The highest BCUT2D eigenvalue weighted by molar-refractivity contribution is 8.08. The Balaban J connectivity index is 5.27. The smallest absolute Gasteiger partial charge is 0.377 e. The van der Waals surface area contributed by atoms with Crippen LogP contribution in [-0.4, -0.2) is 200 Å². The summed E-state index contributed by atoms with van der Waals surface area (Å²) in [5.74, 6) is 12.5. The molecule has 2 atom stereocenters. The fourth-order valence-corrected chi connectivity index (χ4v) is 23.3. The molecule has 23 heteroatoms. The van der Waals surface area contributed by atoms with Crippen LogP contribution in [0, 0.1) is 0 Å². The molecule has 0 aliphatic heterocycles. The van der Waals surface area contributed by atoms with Crippen molar-refractivity contribution in [3.63, 3.8) is 0 Å². The molecule has 0 N–H and O–H groups in total. The molecule has 0 bridgehead atoms. The molecule has 0 aromatic carbocycles. The van der Waals surface area contributed by atoms with Gasteiger partial charge in [0.05, 0.1) is 0 Å². The quantitative estimate of drug-likeness (QED) is 0.0501. The van der Waals surface area contributed by atoms with Gasteiger partial charge in [0, 0.05) is 166 Å². The van der Waals surface area contributed by atoms with Gasteiger partial charge in [0.1, 0.15) is 0 Å². The molecule has 320 valence electrons. The highest BCUT2D eigenvalue weighted by Gasteiger charge is 2.39. The molecule has 12 nitrogen and oxygen atoms in total. The Morgan fingerprint density at radius 1 is 0.283 bits per heavy atom.